The molecular formula is C19H23F3NO+. The third-order valence-electron chi connectivity index (χ3n) is 3.97. The van der Waals surface area contributed by atoms with Crippen molar-refractivity contribution in [2.75, 3.05) is 13.7 Å². The van der Waals surface area contributed by atoms with E-state index in [1.807, 2.05) is 31.2 Å². The molecule has 0 amide bonds. The van der Waals surface area contributed by atoms with Gasteiger partial charge in [-0.05, 0) is 36.2 Å². The second kappa shape index (κ2) is 8.20. The number of hydrogen-bond donors (Lipinski definition) is 1. The topological polar surface area (TPSA) is 25.8 Å². The Hall–Kier alpha value is -2.01. The van der Waals surface area contributed by atoms with E-state index in [-0.39, 0.29) is 6.04 Å². The smallest absolute Gasteiger partial charge is 0.416 e. The van der Waals surface area contributed by atoms with Gasteiger partial charge >= 0.3 is 6.18 Å². The second-order valence-corrected chi connectivity index (χ2v) is 6.00. The van der Waals surface area contributed by atoms with Gasteiger partial charge in [0, 0.05) is 12.8 Å². The van der Waals surface area contributed by atoms with E-state index in [9.17, 15) is 13.2 Å². The zero-order valence-electron chi connectivity index (χ0n) is 13.9. The molecule has 2 aromatic rings. The molecule has 0 radical (unpaired) electrons. The highest BCUT2D eigenvalue weighted by Crippen LogP contribution is 2.29. The number of quaternary nitrogens is 1. The Balaban J connectivity index is 1.81. The first-order valence-electron chi connectivity index (χ1n) is 8.01. The quantitative estimate of drug-likeness (QED) is 0.822. The lowest BCUT2D eigenvalue weighted by Crippen LogP contribution is -2.90. The van der Waals surface area contributed by atoms with Crippen LogP contribution in [0.25, 0.3) is 0 Å². The lowest BCUT2D eigenvalue weighted by Gasteiger charge is -2.13. The van der Waals surface area contributed by atoms with Crippen molar-refractivity contribution in [3.05, 3.63) is 65.2 Å². The highest BCUT2D eigenvalue weighted by molar-refractivity contribution is 5.27. The fourth-order valence-electron chi connectivity index (χ4n) is 2.66. The summed E-state index contributed by atoms with van der Waals surface area (Å²) in [6, 6.07) is 13.7. The molecular weight excluding hydrogens is 315 g/mol. The molecule has 0 spiro atoms. The number of methoxy groups -OCH3 is 1. The van der Waals surface area contributed by atoms with Gasteiger partial charge in [-0.15, -0.1) is 0 Å². The molecule has 0 saturated heterocycles. The molecule has 0 aliphatic heterocycles. The first-order chi connectivity index (χ1) is 11.4. The van der Waals surface area contributed by atoms with E-state index in [2.05, 4.69) is 5.32 Å². The number of halogens is 3. The SMILES string of the molecule is COc1ccc(CC[NH2+][C@@H](C)Cc2cccc(C(F)(F)F)c2)cc1. The third-order valence-corrected chi connectivity index (χ3v) is 3.97. The first-order valence-corrected chi connectivity index (χ1v) is 8.01. The van der Waals surface area contributed by atoms with Crippen LogP contribution in [0.5, 0.6) is 5.75 Å². The number of ether oxygens (including phenoxy) is 1. The monoisotopic (exact) mass is 338 g/mol. The lowest BCUT2D eigenvalue weighted by atomic mass is 10.0. The van der Waals surface area contributed by atoms with Crippen molar-refractivity contribution < 1.29 is 23.2 Å². The second-order valence-electron chi connectivity index (χ2n) is 6.00. The minimum atomic E-state index is -4.28. The standard InChI is InChI=1S/C19H22F3NO/c1-14(12-16-4-3-5-17(13-16)19(20,21)22)23-11-10-15-6-8-18(24-2)9-7-15/h3-9,13-14,23H,10-12H2,1-2H3/p+1/t14-/m0/s1. The minimum absolute atomic E-state index is 0.228. The Kier molecular flexibility index (Phi) is 6.26. The Morgan fingerprint density at radius 1 is 1.04 bits per heavy atom. The predicted molar refractivity (Wildman–Crippen MR) is 88.1 cm³/mol. The molecule has 24 heavy (non-hydrogen) atoms. The maximum atomic E-state index is 12.7. The van der Waals surface area contributed by atoms with Crippen LogP contribution in [-0.4, -0.2) is 19.7 Å². The molecule has 2 rings (SSSR count). The molecule has 2 N–H and O–H groups in total. The number of hydrogen-bond acceptors (Lipinski definition) is 1. The van der Waals surface area contributed by atoms with Gasteiger partial charge in [0.2, 0.25) is 0 Å². The summed E-state index contributed by atoms with van der Waals surface area (Å²) in [6.07, 6.45) is -2.75. The molecule has 0 heterocycles. The van der Waals surface area contributed by atoms with E-state index in [1.165, 1.54) is 17.7 Å². The molecule has 0 fully saturated rings. The number of rotatable bonds is 7. The predicted octanol–water partition coefficient (Wildman–Crippen LogP) is 3.45. The summed E-state index contributed by atoms with van der Waals surface area (Å²) >= 11 is 0. The first kappa shape index (κ1) is 18.3. The zero-order valence-corrected chi connectivity index (χ0v) is 13.9. The van der Waals surface area contributed by atoms with Crippen molar-refractivity contribution in [1.29, 1.82) is 0 Å². The summed E-state index contributed by atoms with van der Waals surface area (Å²) in [4.78, 5) is 0. The van der Waals surface area contributed by atoms with E-state index in [4.69, 9.17) is 4.74 Å². The summed E-state index contributed by atoms with van der Waals surface area (Å²) in [5.41, 5.74) is 1.36. The van der Waals surface area contributed by atoms with E-state index in [0.29, 0.717) is 6.42 Å². The molecule has 130 valence electrons. The zero-order chi connectivity index (χ0) is 17.6. The molecule has 2 nitrogen and oxygen atoms in total. The van der Waals surface area contributed by atoms with Gasteiger partial charge in [-0.3, -0.25) is 0 Å². The lowest BCUT2D eigenvalue weighted by molar-refractivity contribution is -0.685. The van der Waals surface area contributed by atoms with Gasteiger partial charge in [0.1, 0.15) is 5.75 Å². The molecule has 0 aliphatic carbocycles. The summed E-state index contributed by atoms with van der Waals surface area (Å²) in [5.74, 6) is 0.834. The van der Waals surface area contributed by atoms with Crippen molar-refractivity contribution in [3.63, 3.8) is 0 Å². The molecule has 0 bridgehead atoms. The number of alkyl halides is 3. The summed E-state index contributed by atoms with van der Waals surface area (Å²) in [5, 5.41) is 2.17. The van der Waals surface area contributed by atoms with E-state index in [0.717, 1.165) is 30.3 Å². The Morgan fingerprint density at radius 3 is 2.38 bits per heavy atom. The molecule has 0 saturated carbocycles. The van der Waals surface area contributed by atoms with Crippen molar-refractivity contribution in [3.8, 4) is 5.75 Å². The Labute approximate surface area is 140 Å². The average molecular weight is 338 g/mol. The van der Waals surface area contributed by atoms with Crippen LogP contribution in [0, 0.1) is 0 Å². The van der Waals surface area contributed by atoms with Crippen LogP contribution in [0.1, 0.15) is 23.6 Å². The van der Waals surface area contributed by atoms with E-state index in [1.54, 1.807) is 13.2 Å². The molecule has 5 heteroatoms. The molecule has 0 aromatic heterocycles. The van der Waals surface area contributed by atoms with Gasteiger partial charge in [-0.2, -0.15) is 13.2 Å². The number of benzene rings is 2. The van der Waals surface area contributed by atoms with E-state index < -0.39 is 11.7 Å². The van der Waals surface area contributed by atoms with Crippen LogP contribution in [0.15, 0.2) is 48.5 Å². The molecule has 0 unspecified atom stereocenters. The van der Waals surface area contributed by atoms with Gasteiger partial charge in [0.15, 0.2) is 0 Å². The molecule has 2 aromatic carbocycles. The largest absolute Gasteiger partial charge is 0.497 e. The fourth-order valence-corrected chi connectivity index (χ4v) is 2.66. The van der Waals surface area contributed by atoms with Crippen molar-refractivity contribution in [1.82, 2.24) is 0 Å². The van der Waals surface area contributed by atoms with Crippen LogP contribution < -0.4 is 10.1 Å². The van der Waals surface area contributed by atoms with Gasteiger partial charge < -0.3 is 10.1 Å². The maximum absolute atomic E-state index is 12.7. The van der Waals surface area contributed by atoms with Gasteiger partial charge in [0.05, 0.1) is 25.3 Å². The van der Waals surface area contributed by atoms with Crippen LogP contribution in [-0.2, 0) is 19.0 Å². The highest BCUT2D eigenvalue weighted by atomic mass is 19.4. The fraction of sp³-hybridized carbons (Fsp3) is 0.368. The molecule has 1 atom stereocenters. The normalized spacial score (nSPS) is 12.9. The Morgan fingerprint density at radius 2 is 1.75 bits per heavy atom. The van der Waals surface area contributed by atoms with Crippen molar-refractivity contribution >= 4 is 0 Å². The summed E-state index contributed by atoms with van der Waals surface area (Å²) in [7, 11) is 1.64. The van der Waals surface area contributed by atoms with Gasteiger partial charge in [-0.25, -0.2) is 0 Å². The van der Waals surface area contributed by atoms with Gasteiger partial charge in [0.25, 0.3) is 0 Å². The molecule has 0 aliphatic rings. The summed E-state index contributed by atoms with van der Waals surface area (Å²) in [6.45, 7) is 2.93. The van der Waals surface area contributed by atoms with Crippen LogP contribution >= 0.6 is 0 Å². The highest BCUT2D eigenvalue weighted by Gasteiger charge is 2.30. The van der Waals surface area contributed by atoms with E-state index >= 15 is 0 Å². The third kappa shape index (κ3) is 5.57. The summed E-state index contributed by atoms with van der Waals surface area (Å²) < 4.78 is 43.3. The Bertz CT molecular complexity index is 638. The van der Waals surface area contributed by atoms with Crippen LogP contribution in [0.3, 0.4) is 0 Å². The van der Waals surface area contributed by atoms with Crippen LogP contribution in [0.2, 0.25) is 0 Å². The minimum Gasteiger partial charge on any atom is -0.497 e. The van der Waals surface area contributed by atoms with Crippen molar-refractivity contribution in [2.45, 2.75) is 32.0 Å². The van der Waals surface area contributed by atoms with Gasteiger partial charge in [-0.1, -0.05) is 30.3 Å². The average Bonchev–Trinajstić information content (AvgIpc) is 2.55. The van der Waals surface area contributed by atoms with Crippen LogP contribution in [0.4, 0.5) is 13.2 Å². The number of nitrogens with two attached hydrogens (primary N) is 1. The maximum Gasteiger partial charge on any atom is 0.416 e. The van der Waals surface area contributed by atoms with Crippen molar-refractivity contribution in [2.24, 2.45) is 0 Å².